The summed E-state index contributed by atoms with van der Waals surface area (Å²) in [6, 6.07) is 1.82. The molecule has 0 spiro atoms. The molecular formula is C18H19BrN4O. The summed E-state index contributed by atoms with van der Waals surface area (Å²) >= 11 is 3.37. The van der Waals surface area contributed by atoms with Crippen molar-refractivity contribution in [3.8, 4) is 0 Å². The summed E-state index contributed by atoms with van der Waals surface area (Å²) in [5, 5.41) is 4.40. The normalized spacial score (nSPS) is 22.3. The molecule has 0 radical (unpaired) electrons. The van der Waals surface area contributed by atoms with Crippen molar-refractivity contribution < 1.29 is 4.79 Å². The Kier molecular flexibility index (Phi) is 3.42. The average Bonchev–Trinajstić information content (AvgIpc) is 3.08. The van der Waals surface area contributed by atoms with Crippen LogP contribution in [-0.4, -0.2) is 38.0 Å². The van der Waals surface area contributed by atoms with Crippen molar-refractivity contribution in [3.63, 3.8) is 0 Å². The number of halogens is 1. The molecule has 0 bridgehead atoms. The van der Waals surface area contributed by atoms with Crippen LogP contribution >= 0.6 is 15.9 Å². The maximum atomic E-state index is 13.0. The second-order valence-electron chi connectivity index (χ2n) is 7.02. The zero-order valence-corrected chi connectivity index (χ0v) is 15.5. The van der Waals surface area contributed by atoms with Gasteiger partial charge in [0.05, 0.1) is 10.5 Å². The fourth-order valence-electron chi connectivity index (χ4n) is 3.71. The molecule has 0 fully saturated rings. The molecule has 2 aromatic heterocycles. The first-order chi connectivity index (χ1) is 11.4. The van der Waals surface area contributed by atoms with Crippen molar-refractivity contribution in [2.24, 2.45) is 5.41 Å². The summed E-state index contributed by atoms with van der Waals surface area (Å²) in [6.45, 7) is 7.31. The van der Waals surface area contributed by atoms with Crippen LogP contribution in [0.2, 0.25) is 0 Å². The van der Waals surface area contributed by atoms with Crippen LogP contribution in [0, 0.1) is 5.41 Å². The van der Waals surface area contributed by atoms with Crippen LogP contribution in [0.1, 0.15) is 37.7 Å². The van der Waals surface area contributed by atoms with E-state index in [0.717, 1.165) is 17.4 Å². The molecule has 5 nitrogen and oxygen atoms in total. The van der Waals surface area contributed by atoms with Gasteiger partial charge in [-0.15, -0.1) is 0 Å². The topological polar surface area (TPSA) is 50.5 Å². The van der Waals surface area contributed by atoms with E-state index in [1.165, 1.54) is 11.1 Å². The van der Waals surface area contributed by atoms with Crippen molar-refractivity contribution in [1.29, 1.82) is 0 Å². The van der Waals surface area contributed by atoms with E-state index in [0.29, 0.717) is 11.3 Å². The van der Waals surface area contributed by atoms with Crippen LogP contribution in [0.15, 0.2) is 46.2 Å². The summed E-state index contributed by atoms with van der Waals surface area (Å²) in [6.07, 6.45) is 8.86. The Bertz CT molecular complexity index is 909. The second kappa shape index (κ2) is 5.28. The Morgan fingerprint density at radius 3 is 3.00 bits per heavy atom. The van der Waals surface area contributed by atoms with Crippen LogP contribution in [0.5, 0.6) is 0 Å². The molecule has 0 N–H and O–H groups in total. The van der Waals surface area contributed by atoms with Gasteiger partial charge in [0.1, 0.15) is 0 Å². The van der Waals surface area contributed by atoms with Crippen molar-refractivity contribution in [3.05, 3.63) is 51.9 Å². The lowest BCUT2D eigenvalue weighted by atomic mass is 9.81. The van der Waals surface area contributed by atoms with Crippen molar-refractivity contribution in [2.75, 3.05) is 6.54 Å². The summed E-state index contributed by atoms with van der Waals surface area (Å²) in [4.78, 5) is 19.2. The third kappa shape index (κ3) is 2.32. The fourth-order valence-corrected chi connectivity index (χ4v) is 4.00. The minimum absolute atomic E-state index is 0.0335. The lowest BCUT2D eigenvalue weighted by Crippen LogP contribution is -2.44. The first kappa shape index (κ1) is 15.6. The number of carbonyl (C=O) groups is 1. The van der Waals surface area contributed by atoms with E-state index in [1.807, 2.05) is 11.1 Å². The second-order valence-corrected chi connectivity index (χ2v) is 7.93. The van der Waals surface area contributed by atoms with Gasteiger partial charge in [0.15, 0.2) is 11.3 Å². The first-order valence-electron chi connectivity index (χ1n) is 8.11. The number of allylic oxidation sites excluding steroid dienone is 1. The maximum Gasteiger partial charge on any atom is 0.274 e. The van der Waals surface area contributed by atoms with Gasteiger partial charge in [-0.2, -0.15) is 5.10 Å². The predicted molar refractivity (Wildman–Crippen MR) is 95.7 cm³/mol. The van der Waals surface area contributed by atoms with Gasteiger partial charge in [0.2, 0.25) is 0 Å². The molecule has 24 heavy (non-hydrogen) atoms. The molecule has 0 saturated carbocycles. The minimum Gasteiger partial charge on any atom is -0.330 e. The molecule has 2 aliphatic rings. The number of carbonyl (C=O) groups excluding carboxylic acids is 1. The molecule has 1 aliphatic carbocycles. The van der Waals surface area contributed by atoms with Crippen LogP contribution in [0.25, 0.3) is 5.65 Å². The third-order valence-electron chi connectivity index (χ3n) is 5.09. The maximum absolute atomic E-state index is 13.0. The molecule has 0 saturated heterocycles. The molecule has 0 aromatic carbocycles. The molecule has 1 amide bonds. The van der Waals surface area contributed by atoms with E-state index in [1.54, 1.807) is 16.8 Å². The molecule has 1 aliphatic heterocycles. The summed E-state index contributed by atoms with van der Waals surface area (Å²) in [5.41, 5.74) is 3.97. The van der Waals surface area contributed by atoms with Crippen molar-refractivity contribution in [2.45, 2.75) is 33.2 Å². The van der Waals surface area contributed by atoms with Gasteiger partial charge < -0.3 is 4.90 Å². The zero-order chi connectivity index (χ0) is 17.1. The zero-order valence-electron chi connectivity index (χ0n) is 14.0. The van der Waals surface area contributed by atoms with E-state index in [-0.39, 0.29) is 17.4 Å². The number of hydrogen-bond donors (Lipinski definition) is 0. The molecule has 124 valence electrons. The molecule has 4 rings (SSSR count). The quantitative estimate of drug-likeness (QED) is 0.751. The van der Waals surface area contributed by atoms with Gasteiger partial charge >= 0.3 is 0 Å². The van der Waals surface area contributed by atoms with Gasteiger partial charge in [-0.05, 0) is 34.8 Å². The fraction of sp³-hybridized carbons (Fsp3) is 0.389. The van der Waals surface area contributed by atoms with Gasteiger partial charge in [0.25, 0.3) is 5.91 Å². The van der Waals surface area contributed by atoms with E-state index in [2.05, 4.69) is 58.9 Å². The predicted octanol–water partition coefficient (Wildman–Crippen LogP) is 3.62. The smallest absolute Gasteiger partial charge is 0.274 e. The van der Waals surface area contributed by atoms with Crippen molar-refractivity contribution >= 4 is 27.5 Å². The SMILES string of the molecule is CC1C2=C(CCN1C(=O)c1cc3ncc(Br)cn3n1)C(C)(C)C=C2. The van der Waals surface area contributed by atoms with Gasteiger partial charge in [-0.25, -0.2) is 9.50 Å². The van der Waals surface area contributed by atoms with E-state index < -0.39 is 0 Å². The first-order valence-corrected chi connectivity index (χ1v) is 8.91. The number of amides is 1. The monoisotopic (exact) mass is 386 g/mol. The summed E-state index contributed by atoms with van der Waals surface area (Å²) < 4.78 is 2.46. The van der Waals surface area contributed by atoms with Crippen LogP contribution in [-0.2, 0) is 0 Å². The molecule has 1 unspecified atom stereocenters. The average molecular weight is 387 g/mol. The van der Waals surface area contributed by atoms with Crippen LogP contribution in [0.4, 0.5) is 0 Å². The number of nitrogens with zero attached hydrogens (tertiary/aromatic N) is 4. The Hall–Kier alpha value is -1.95. The number of fused-ring (bicyclic) bond motifs is 1. The number of hydrogen-bond acceptors (Lipinski definition) is 3. The highest BCUT2D eigenvalue weighted by molar-refractivity contribution is 9.10. The number of aromatic nitrogens is 3. The minimum atomic E-state index is -0.0335. The Balaban J connectivity index is 1.66. The standard InChI is InChI=1S/C18H19BrN4O/c1-11-13-4-6-18(2,3)14(13)5-7-22(11)17(24)15-8-16-20-9-12(19)10-23(16)21-15/h4,6,8-11H,5,7H2,1-3H3. The van der Waals surface area contributed by atoms with Crippen molar-refractivity contribution in [1.82, 2.24) is 19.5 Å². The van der Waals surface area contributed by atoms with E-state index in [9.17, 15) is 4.79 Å². The largest absolute Gasteiger partial charge is 0.330 e. The highest BCUT2D eigenvalue weighted by Crippen LogP contribution is 2.43. The van der Waals surface area contributed by atoms with Gasteiger partial charge in [-0.3, -0.25) is 4.79 Å². The van der Waals surface area contributed by atoms with Gasteiger partial charge in [-0.1, -0.05) is 31.6 Å². The summed E-state index contributed by atoms with van der Waals surface area (Å²) in [7, 11) is 0. The number of rotatable bonds is 1. The van der Waals surface area contributed by atoms with E-state index >= 15 is 0 Å². The lowest BCUT2D eigenvalue weighted by Gasteiger charge is -2.37. The van der Waals surface area contributed by atoms with Gasteiger partial charge in [0, 0.05) is 30.4 Å². The Morgan fingerprint density at radius 2 is 2.21 bits per heavy atom. The Morgan fingerprint density at radius 1 is 1.42 bits per heavy atom. The molecule has 6 heteroatoms. The molecular weight excluding hydrogens is 368 g/mol. The summed E-state index contributed by atoms with van der Waals surface area (Å²) in [5.74, 6) is -0.0335. The lowest BCUT2D eigenvalue weighted by molar-refractivity contribution is 0.0699. The highest BCUT2D eigenvalue weighted by atomic mass is 79.9. The molecule has 2 aromatic rings. The molecule has 3 heterocycles. The van der Waals surface area contributed by atoms with Crippen LogP contribution < -0.4 is 0 Å². The van der Waals surface area contributed by atoms with Crippen LogP contribution in [0.3, 0.4) is 0 Å². The van der Waals surface area contributed by atoms with E-state index in [4.69, 9.17) is 0 Å². The third-order valence-corrected chi connectivity index (χ3v) is 5.50. The highest BCUT2D eigenvalue weighted by Gasteiger charge is 2.37. The Labute approximate surface area is 149 Å². The molecule has 1 atom stereocenters.